The molecule has 2 aromatic rings. The molecule has 94 valence electrons. The van der Waals surface area contributed by atoms with Crippen LogP contribution in [0.3, 0.4) is 0 Å². The number of benzene rings is 1. The number of oxazole rings is 1. The van der Waals surface area contributed by atoms with E-state index in [-0.39, 0.29) is 0 Å². The van der Waals surface area contributed by atoms with Crippen molar-refractivity contribution in [3.63, 3.8) is 0 Å². The van der Waals surface area contributed by atoms with Crippen molar-refractivity contribution in [2.24, 2.45) is 0 Å². The first-order chi connectivity index (χ1) is 8.72. The van der Waals surface area contributed by atoms with Gasteiger partial charge in [-0.1, -0.05) is 23.2 Å². The highest BCUT2D eigenvalue weighted by molar-refractivity contribution is 6.36. The van der Waals surface area contributed by atoms with Gasteiger partial charge in [0.15, 0.2) is 5.76 Å². The molecule has 5 heteroatoms. The predicted molar refractivity (Wildman–Crippen MR) is 71.8 cm³/mol. The molecule has 0 unspecified atom stereocenters. The Balaban J connectivity index is 1.78. The van der Waals surface area contributed by atoms with Crippen LogP contribution in [0.5, 0.6) is 0 Å². The molecule has 1 aliphatic rings. The van der Waals surface area contributed by atoms with Gasteiger partial charge < -0.3 is 9.73 Å². The number of hydrogen-bond donors (Lipinski definition) is 1. The molecule has 3 rings (SSSR count). The molecule has 1 aromatic carbocycles. The van der Waals surface area contributed by atoms with E-state index in [2.05, 4.69) is 10.3 Å². The highest BCUT2D eigenvalue weighted by atomic mass is 35.5. The van der Waals surface area contributed by atoms with Crippen molar-refractivity contribution in [3.05, 3.63) is 40.3 Å². The molecule has 1 aliphatic carbocycles. The standard InChI is InChI=1S/C13H12Cl2N2O/c14-8-1-4-10(11(15)5-8)12-6-17-13(18-12)7-16-9-2-3-9/h1,4-6,9,16H,2-3,7H2. The minimum absolute atomic E-state index is 0.570. The fourth-order valence-electron chi connectivity index (χ4n) is 1.72. The maximum Gasteiger partial charge on any atom is 0.208 e. The van der Waals surface area contributed by atoms with Crippen LogP contribution in [0.1, 0.15) is 18.7 Å². The van der Waals surface area contributed by atoms with E-state index >= 15 is 0 Å². The Kier molecular flexibility index (Phi) is 3.29. The van der Waals surface area contributed by atoms with Gasteiger partial charge in [0.25, 0.3) is 0 Å². The second-order valence-electron chi connectivity index (χ2n) is 4.40. The highest BCUT2D eigenvalue weighted by Crippen LogP contribution is 2.30. The fourth-order valence-corrected chi connectivity index (χ4v) is 2.23. The molecule has 1 fully saturated rings. The number of halogens is 2. The van der Waals surface area contributed by atoms with Gasteiger partial charge in [0.05, 0.1) is 17.8 Å². The second-order valence-corrected chi connectivity index (χ2v) is 5.24. The summed E-state index contributed by atoms with van der Waals surface area (Å²) in [5.41, 5.74) is 0.811. The number of nitrogens with zero attached hydrogens (tertiary/aromatic N) is 1. The summed E-state index contributed by atoms with van der Waals surface area (Å²) in [6.07, 6.45) is 4.19. The third-order valence-corrected chi connectivity index (χ3v) is 3.42. The van der Waals surface area contributed by atoms with Crippen molar-refractivity contribution in [1.29, 1.82) is 0 Å². The summed E-state index contributed by atoms with van der Waals surface area (Å²) in [5.74, 6) is 1.35. The van der Waals surface area contributed by atoms with Gasteiger partial charge in [0.2, 0.25) is 5.89 Å². The Labute approximate surface area is 115 Å². The zero-order valence-electron chi connectivity index (χ0n) is 9.62. The van der Waals surface area contributed by atoms with E-state index in [0.29, 0.717) is 34.3 Å². The van der Waals surface area contributed by atoms with Gasteiger partial charge in [0.1, 0.15) is 0 Å². The molecule has 1 saturated carbocycles. The summed E-state index contributed by atoms with van der Waals surface area (Å²) < 4.78 is 5.67. The van der Waals surface area contributed by atoms with Crippen molar-refractivity contribution in [2.75, 3.05) is 0 Å². The maximum absolute atomic E-state index is 6.12. The Morgan fingerprint density at radius 1 is 1.33 bits per heavy atom. The third-order valence-electron chi connectivity index (χ3n) is 2.87. The lowest BCUT2D eigenvalue weighted by atomic mass is 10.2. The molecule has 0 aliphatic heterocycles. The van der Waals surface area contributed by atoms with E-state index in [4.69, 9.17) is 27.6 Å². The second kappa shape index (κ2) is 4.92. The van der Waals surface area contributed by atoms with Gasteiger partial charge in [-0.2, -0.15) is 0 Å². The first kappa shape index (κ1) is 12.0. The molecular formula is C13H12Cl2N2O. The number of aromatic nitrogens is 1. The van der Waals surface area contributed by atoms with Gasteiger partial charge in [-0.05, 0) is 31.0 Å². The average Bonchev–Trinajstić information content (AvgIpc) is 3.05. The van der Waals surface area contributed by atoms with Crippen LogP contribution in [-0.4, -0.2) is 11.0 Å². The summed E-state index contributed by atoms with van der Waals surface area (Å²) in [5, 5.41) is 4.53. The minimum atomic E-state index is 0.570. The Morgan fingerprint density at radius 2 is 2.17 bits per heavy atom. The van der Waals surface area contributed by atoms with Gasteiger partial charge >= 0.3 is 0 Å². The largest absolute Gasteiger partial charge is 0.439 e. The van der Waals surface area contributed by atoms with Crippen molar-refractivity contribution in [1.82, 2.24) is 10.3 Å². The summed E-state index contributed by atoms with van der Waals surface area (Å²) >= 11 is 12.0. The Bertz CT molecular complexity index is 564. The Morgan fingerprint density at radius 3 is 2.89 bits per heavy atom. The topological polar surface area (TPSA) is 38.1 Å². The average molecular weight is 283 g/mol. The molecule has 1 N–H and O–H groups in total. The molecule has 1 aromatic heterocycles. The zero-order chi connectivity index (χ0) is 12.5. The SMILES string of the molecule is Clc1ccc(-c2cnc(CNC3CC3)o2)c(Cl)c1. The summed E-state index contributed by atoms with van der Waals surface area (Å²) in [7, 11) is 0. The molecule has 18 heavy (non-hydrogen) atoms. The van der Waals surface area contributed by atoms with E-state index in [1.165, 1.54) is 12.8 Å². The lowest BCUT2D eigenvalue weighted by molar-refractivity contribution is 0.477. The Hall–Kier alpha value is -1.03. The van der Waals surface area contributed by atoms with Gasteiger partial charge in [0, 0.05) is 16.6 Å². The molecule has 0 amide bonds. The monoisotopic (exact) mass is 282 g/mol. The van der Waals surface area contributed by atoms with Crippen LogP contribution in [0.2, 0.25) is 10.0 Å². The van der Waals surface area contributed by atoms with E-state index in [9.17, 15) is 0 Å². The molecule has 1 heterocycles. The summed E-state index contributed by atoms with van der Waals surface area (Å²) in [4.78, 5) is 4.24. The molecule has 0 radical (unpaired) electrons. The lowest BCUT2D eigenvalue weighted by Gasteiger charge is -2.01. The molecule has 3 nitrogen and oxygen atoms in total. The van der Waals surface area contributed by atoms with Crippen LogP contribution in [0.25, 0.3) is 11.3 Å². The lowest BCUT2D eigenvalue weighted by Crippen LogP contribution is -2.15. The van der Waals surface area contributed by atoms with Crippen LogP contribution in [0.4, 0.5) is 0 Å². The van der Waals surface area contributed by atoms with Crippen LogP contribution in [0, 0.1) is 0 Å². The molecule has 0 bridgehead atoms. The quantitative estimate of drug-likeness (QED) is 0.924. The van der Waals surface area contributed by atoms with Crippen molar-refractivity contribution >= 4 is 23.2 Å². The van der Waals surface area contributed by atoms with E-state index in [0.717, 1.165) is 5.56 Å². The summed E-state index contributed by atoms with van der Waals surface area (Å²) in [6, 6.07) is 5.96. The van der Waals surface area contributed by atoms with Crippen molar-refractivity contribution in [2.45, 2.75) is 25.4 Å². The first-order valence-electron chi connectivity index (χ1n) is 5.86. The zero-order valence-corrected chi connectivity index (χ0v) is 11.1. The van der Waals surface area contributed by atoms with Crippen LogP contribution in [-0.2, 0) is 6.54 Å². The van der Waals surface area contributed by atoms with Crippen LogP contribution < -0.4 is 5.32 Å². The number of hydrogen-bond acceptors (Lipinski definition) is 3. The summed E-state index contributed by atoms with van der Waals surface area (Å²) in [6.45, 7) is 0.663. The number of rotatable bonds is 4. The third kappa shape index (κ3) is 2.69. The van der Waals surface area contributed by atoms with Gasteiger partial charge in [-0.3, -0.25) is 0 Å². The van der Waals surface area contributed by atoms with Gasteiger partial charge in [-0.25, -0.2) is 4.98 Å². The molecular weight excluding hydrogens is 271 g/mol. The van der Waals surface area contributed by atoms with Crippen LogP contribution in [0.15, 0.2) is 28.8 Å². The van der Waals surface area contributed by atoms with E-state index in [1.54, 1.807) is 18.3 Å². The van der Waals surface area contributed by atoms with Crippen LogP contribution >= 0.6 is 23.2 Å². The number of nitrogens with one attached hydrogen (secondary N) is 1. The normalized spacial score (nSPS) is 15.0. The van der Waals surface area contributed by atoms with Crippen molar-refractivity contribution < 1.29 is 4.42 Å². The highest BCUT2D eigenvalue weighted by Gasteiger charge is 2.21. The minimum Gasteiger partial charge on any atom is -0.439 e. The predicted octanol–water partition coefficient (Wildman–Crippen LogP) is 3.90. The van der Waals surface area contributed by atoms with E-state index < -0.39 is 0 Å². The molecule has 0 spiro atoms. The maximum atomic E-state index is 6.12. The molecule has 0 saturated heterocycles. The smallest absolute Gasteiger partial charge is 0.208 e. The van der Waals surface area contributed by atoms with Gasteiger partial charge in [-0.15, -0.1) is 0 Å². The van der Waals surface area contributed by atoms with E-state index in [1.807, 2.05) is 6.07 Å². The fraction of sp³-hybridized carbons (Fsp3) is 0.308. The van der Waals surface area contributed by atoms with Crippen molar-refractivity contribution in [3.8, 4) is 11.3 Å². The molecule has 0 atom stereocenters. The first-order valence-corrected chi connectivity index (χ1v) is 6.61.